The quantitative estimate of drug-likeness (QED) is 0.930. The van der Waals surface area contributed by atoms with E-state index in [1.54, 1.807) is 23.1 Å². The van der Waals surface area contributed by atoms with Crippen molar-refractivity contribution in [2.45, 2.75) is 32.6 Å². The Morgan fingerprint density at radius 2 is 2.05 bits per heavy atom. The van der Waals surface area contributed by atoms with Crippen LogP contribution in [0.2, 0.25) is 0 Å². The van der Waals surface area contributed by atoms with Gasteiger partial charge in [0.25, 0.3) is 0 Å². The predicted octanol–water partition coefficient (Wildman–Crippen LogP) is 2.89. The molecule has 0 saturated carbocycles. The Bertz CT molecular complexity index is 561. The summed E-state index contributed by atoms with van der Waals surface area (Å²) < 4.78 is 13.8. The van der Waals surface area contributed by atoms with Crippen LogP contribution in [-0.2, 0) is 9.59 Å². The minimum atomic E-state index is -0.855. The van der Waals surface area contributed by atoms with Crippen LogP contribution in [-0.4, -0.2) is 35.0 Å². The molecule has 5 heteroatoms. The molecule has 0 aliphatic carbocycles. The fraction of sp³-hybridized carbons (Fsp3) is 0.529. The van der Waals surface area contributed by atoms with Gasteiger partial charge >= 0.3 is 5.97 Å². The van der Waals surface area contributed by atoms with Crippen LogP contribution in [0.5, 0.6) is 0 Å². The number of carbonyl (C=O) groups is 2. The average molecular weight is 307 g/mol. The molecular formula is C17H22FNO3. The first-order valence-electron chi connectivity index (χ1n) is 7.63. The Balaban J connectivity index is 2.02. The first kappa shape index (κ1) is 16.5. The lowest BCUT2D eigenvalue weighted by Crippen LogP contribution is -2.45. The number of amides is 1. The Morgan fingerprint density at radius 1 is 1.36 bits per heavy atom. The monoisotopic (exact) mass is 307 g/mol. The zero-order chi connectivity index (χ0) is 16.3. The molecule has 1 fully saturated rings. The minimum absolute atomic E-state index is 0.103. The highest BCUT2D eigenvalue weighted by molar-refractivity contribution is 5.78. The third kappa shape index (κ3) is 3.84. The van der Waals surface area contributed by atoms with Crippen LogP contribution in [0.25, 0.3) is 0 Å². The van der Waals surface area contributed by atoms with Crippen LogP contribution in [0.4, 0.5) is 4.39 Å². The number of nitrogens with zero attached hydrogens (tertiary/aromatic N) is 1. The molecule has 0 spiro atoms. The van der Waals surface area contributed by atoms with Crippen LogP contribution in [0, 0.1) is 17.7 Å². The van der Waals surface area contributed by atoms with Gasteiger partial charge in [-0.3, -0.25) is 9.59 Å². The molecule has 0 bridgehead atoms. The molecule has 2 rings (SSSR count). The van der Waals surface area contributed by atoms with Gasteiger partial charge < -0.3 is 10.0 Å². The van der Waals surface area contributed by atoms with E-state index in [9.17, 15) is 14.0 Å². The summed E-state index contributed by atoms with van der Waals surface area (Å²) in [6, 6.07) is 6.45. The fourth-order valence-corrected chi connectivity index (χ4v) is 3.11. The van der Waals surface area contributed by atoms with Gasteiger partial charge in [-0.1, -0.05) is 32.0 Å². The molecule has 1 aliphatic heterocycles. The second-order valence-corrected chi connectivity index (χ2v) is 6.30. The van der Waals surface area contributed by atoms with Gasteiger partial charge in [-0.15, -0.1) is 0 Å². The summed E-state index contributed by atoms with van der Waals surface area (Å²) >= 11 is 0. The third-order valence-electron chi connectivity index (χ3n) is 4.28. The van der Waals surface area contributed by atoms with Gasteiger partial charge in [-0.2, -0.15) is 0 Å². The molecule has 1 aromatic carbocycles. The zero-order valence-electron chi connectivity index (χ0n) is 13.0. The molecule has 0 radical (unpaired) electrons. The molecule has 22 heavy (non-hydrogen) atoms. The van der Waals surface area contributed by atoms with Crippen LogP contribution >= 0.6 is 0 Å². The lowest BCUT2D eigenvalue weighted by atomic mass is 9.89. The highest BCUT2D eigenvalue weighted by Crippen LogP contribution is 2.26. The van der Waals surface area contributed by atoms with E-state index < -0.39 is 11.9 Å². The molecule has 3 unspecified atom stereocenters. The number of piperidine rings is 1. The lowest BCUT2D eigenvalue weighted by Gasteiger charge is -2.35. The molecule has 4 nitrogen and oxygen atoms in total. The smallest absolute Gasteiger partial charge is 0.308 e. The van der Waals surface area contributed by atoms with Crippen molar-refractivity contribution >= 4 is 11.9 Å². The van der Waals surface area contributed by atoms with Crippen LogP contribution < -0.4 is 0 Å². The molecule has 1 aliphatic rings. The summed E-state index contributed by atoms with van der Waals surface area (Å²) in [6.07, 6.45) is 0.794. The largest absolute Gasteiger partial charge is 0.481 e. The highest BCUT2D eigenvalue weighted by Gasteiger charge is 2.32. The number of benzene rings is 1. The van der Waals surface area contributed by atoms with Crippen molar-refractivity contribution in [3.05, 3.63) is 35.6 Å². The molecule has 1 amide bonds. The number of carboxylic acids is 1. The molecular weight excluding hydrogens is 285 g/mol. The van der Waals surface area contributed by atoms with E-state index in [1.165, 1.54) is 6.07 Å². The number of carbonyl (C=O) groups excluding carboxylic acids is 1. The first-order valence-corrected chi connectivity index (χ1v) is 7.63. The summed E-state index contributed by atoms with van der Waals surface area (Å²) in [5, 5.41) is 9.16. The normalized spacial score (nSPS) is 23.1. The molecule has 3 atom stereocenters. The van der Waals surface area contributed by atoms with E-state index in [1.807, 2.05) is 13.8 Å². The Morgan fingerprint density at radius 3 is 2.68 bits per heavy atom. The van der Waals surface area contributed by atoms with Gasteiger partial charge in [0, 0.05) is 19.5 Å². The number of hydrogen-bond acceptors (Lipinski definition) is 2. The van der Waals surface area contributed by atoms with E-state index in [-0.39, 0.29) is 36.5 Å². The maximum absolute atomic E-state index is 13.8. The maximum Gasteiger partial charge on any atom is 0.308 e. The van der Waals surface area contributed by atoms with Gasteiger partial charge in [0.05, 0.1) is 5.92 Å². The number of carboxylic acid groups (broad SMARTS) is 1. The standard InChI is InChI=1S/C17H22FNO3/c1-11-7-13(17(21)22)10-19(9-11)16(20)8-12(2)14-5-3-4-6-15(14)18/h3-6,11-13H,7-10H2,1-2H3,(H,21,22). The topological polar surface area (TPSA) is 57.6 Å². The van der Waals surface area contributed by atoms with E-state index in [4.69, 9.17) is 5.11 Å². The van der Waals surface area contributed by atoms with Crippen molar-refractivity contribution < 1.29 is 19.1 Å². The second kappa shape index (κ2) is 6.90. The SMILES string of the molecule is CC1CC(C(=O)O)CN(C(=O)CC(C)c2ccccc2F)C1. The van der Waals surface area contributed by atoms with E-state index >= 15 is 0 Å². The lowest BCUT2D eigenvalue weighted by molar-refractivity contribution is -0.147. The molecule has 0 aromatic heterocycles. The van der Waals surface area contributed by atoms with E-state index in [0.29, 0.717) is 18.5 Å². The van der Waals surface area contributed by atoms with Gasteiger partial charge in [-0.25, -0.2) is 4.39 Å². The van der Waals surface area contributed by atoms with Gasteiger partial charge in [0.2, 0.25) is 5.91 Å². The maximum atomic E-state index is 13.8. The number of hydrogen-bond donors (Lipinski definition) is 1. The molecule has 1 N–H and O–H groups in total. The zero-order valence-corrected chi connectivity index (χ0v) is 13.0. The van der Waals surface area contributed by atoms with Gasteiger partial charge in [0.15, 0.2) is 0 Å². The number of rotatable bonds is 4. The van der Waals surface area contributed by atoms with E-state index in [0.717, 1.165) is 0 Å². The summed E-state index contributed by atoms with van der Waals surface area (Å²) in [5.41, 5.74) is 0.524. The molecule has 1 heterocycles. The summed E-state index contributed by atoms with van der Waals surface area (Å²) in [7, 11) is 0. The Labute approximate surface area is 129 Å². The van der Waals surface area contributed by atoms with Crippen LogP contribution in [0.3, 0.4) is 0 Å². The summed E-state index contributed by atoms with van der Waals surface area (Å²) in [5.74, 6) is -1.83. The number of halogens is 1. The first-order chi connectivity index (χ1) is 10.4. The molecule has 120 valence electrons. The van der Waals surface area contributed by atoms with Gasteiger partial charge in [-0.05, 0) is 29.9 Å². The van der Waals surface area contributed by atoms with Crippen molar-refractivity contribution in [3.8, 4) is 0 Å². The average Bonchev–Trinajstić information content (AvgIpc) is 2.46. The highest BCUT2D eigenvalue weighted by atomic mass is 19.1. The second-order valence-electron chi connectivity index (χ2n) is 6.30. The molecule has 1 saturated heterocycles. The van der Waals surface area contributed by atoms with E-state index in [2.05, 4.69) is 0 Å². The number of likely N-dealkylation sites (tertiary alicyclic amines) is 1. The molecule has 1 aromatic rings. The minimum Gasteiger partial charge on any atom is -0.481 e. The Kier molecular flexibility index (Phi) is 5.16. The van der Waals surface area contributed by atoms with Gasteiger partial charge in [0.1, 0.15) is 5.82 Å². The van der Waals surface area contributed by atoms with Crippen molar-refractivity contribution in [1.82, 2.24) is 4.90 Å². The van der Waals surface area contributed by atoms with Crippen LogP contribution in [0.1, 0.15) is 38.2 Å². The third-order valence-corrected chi connectivity index (χ3v) is 4.28. The number of aliphatic carboxylic acids is 1. The summed E-state index contributed by atoms with van der Waals surface area (Å²) in [6.45, 7) is 4.60. The van der Waals surface area contributed by atoms with Crippen molar-refractivity contribution in [1.29, 1.82) is 0 Å². The Hall–Kier alpha value is -1.91. The predicted molar refractivity (Wildman–Crippen MR) is 80.9 cm³/mol. The fourth-order valence-electron chi connectivity index (χ4n) is 3.11. The van der Waals surface area contributed by atoms with Crippen molar-refractivity contribution in [2.75, 3.05) is 13.1 Å². The summed E-state index contributed by atoms with van der Waals surface area (Å²) in [4.78, 5) is 25.2. The van der Waals surface area contributed by atoms with Crippen LogP contribution in [0.15, 0.2) is 24.3 Å². The van der Waals surface area contributed by atoms with Crippen molar-refractivity contribution in [3.63, 3.8) is 0 Å². The van der Waals surface area contributed by atoms with Crippen molar-refractivity contribution in [2.24, 2.45) is 11.8 Å².